The Kier molecular flexibility index (Phi) is 15.6. The summed E-state index contributed by atoms with van der Waals surface area (Å²) in [5.74, 6) is -2.24. The average Bonchev–Trinajstić information content (AvgIpc) is 4.07. The van der Waals surface area contributed by atoms with Crippen molar-refractivity contribution in [1.82, 2.24) is 35.9 Å². The highest BCUT2D eigenvalue weighted by Gasteiger charge is 2.33. The van der Waals surface area contributed by atoms with Crippen LogP contribution in [0.3, 0.4) is 0 Å². The van der Waals surface area contributed by atoms with Crippen molar-refractivity contribution in [2.24, 2.45) is 17.6 Å². The second-order valence-corrected chi connectivity index (χ2v) is 22.0. The number of nitrogens with zero attached hydrogens (tertiary/aromatic N) is 4. The van der Waals surface area contributed by atoms with Crippen molar-refractivity contribution in [3.63, 3.8) is 0 Å². The Labute approximate surface area is 354 Å². The summed E-state index contributed by atoms with van der Waals surface area (Å²) in [5, 5.41) is 18.7. The van der Waals surface area contributed by atoms with Crippen molar-refractivity contribution in [3.05, 3.63) is 72.5 Å². The highest BCUT2D eigenvalue weighted by Crippen LogP contribution is 2.30. The van der Waals surface area contributed by atoms with E-state index in [1.807, 2.05) is 58.0 Å². The molecule has 0 aliphatic carbocycles. The van der Waals surface area contributed by atoms with Crippen molar-refractivity contribution in [2.75, 3.05) is 6.61 Å². The number of aromatic nitrogens is 4. The lowest BCUT2D eigenvalue weighted by Gasteiger charge is -2.25. The van der Waals surface area contributed by atoms with E-state index in [0.29, 0.717) is 0 Å². The Morgan fingerprint density at radius 1 is 0.754 bits per heavy atom. The summed E-state index contributed by atoms with van der Waals surface area (Å²) in [6.45, 7) is 15.9. The lowest BCUT2D eigenvalue weighted by atomic mass is 9.96. The maximum Gasteiger partial charge on any atom is 0.328 e. The normalized spacial score (nSPS) is 15.2. The van der Waals surface area contributed by atoms with E-state index in [9.17, 15) is 24.3 Å². The number of carbonyl (C=O) groups excluding carboxylic acids is 4. The molecule has 7 atom stereocenters. The number of esters is 1. The Morgan fingerprint density at radius 3 is 1.92 bits per heavy atom. The van der Waals surface area contributed by atoms with Crippen LogP contribution in [0.4, 0.5) is 0 Å². The average molecular weight is 861 g/mol. The van der Waals surface area contributed by atoms with Gasteiger partial charge in [0.05, 0.1) is 18.8 Å². The molecule has 5 aromatic rings. The Bertz CT molecular complexity index is 2230. The van der Waals surface area contributed by atoms with Gasteiger partial charge in [0.1, 0.15) is 43.2 Å². The number of oxazole rings is 4. The van der Waals surface area contributed by atoms with Gasteiger partial charge in [-0.15, -0.1) is 0 Å². The molecule has 328 valence electrons. The number of carbonyl (C=O) groups is 4. The summed E-state index contributed by atoms with van der Waals surface area (Å²) in [4.78, 5) is 70.5. The maximum atomic E-state index is 13.5. The van der Waals surface area contributed by atoms with Crippen LogP contribution >= 0.6 is 0 Å². The molecule has 0 saturated carbocycles. The summed E-state index contributed by atoms with van der Waals surface area (Å²) in [7, 11) is -1.50. The zero-order valence-electron chi connectivity index (χ0n) is 35.8. The molecule has 0 fully saturated rings. The smallest absolute Gasteiger partial charge is 0.328 e. The molecule has 1 aromatic carbocycles. The minimum absolute atomic E-state index is 0.00723. The first kappa shape index (κ1) is 46.1. The quantitative estimate of drug-likeness (QED) is 0.0463. The molecule has 0 unspecified atom stereocenters. The van der Waals surface area contributed by atoms with Crippen LogP contribution in [0.2, 0.25) is 25.7 Å². The van der Waals surface area contributed by atoms with E-state index >= 15 is 0 Å². The van der Waals surface area contributed by atoms with Crippen molar-refractivity contribution in [2.45, 2.75) is 110 Å². The summed E-state index contributed by atoms with van der Waals surface area (Å²) >= 11 is 0. The van der Waals surface area contributed by atoms with Gasteiger partial charge >= 0.3 is 5.97 Å². The van der Waals surface area contributed by atoms with E-state index < -0.39 is 56.1 Å². The van der Waals surface area contributed by atoms with Crippen molar-refractivity contribution < 1.29 is 46.7 Å². The number of rotatable bonds is 21. The maximum absolute atomic E-state index is 13.5. The van der Waals surface area contributed by atoms with Crippen LogP contribution in [0.15, 0.2) is 73.1 Å². The van der Waals surface area contributed by atoms with Gasteiger partial charge in [-0.3, -0.25) is 14.4 Å². The number of hydrogen-bond donors (Lipinski definition) is 5. The van der Waals surface area contributed by atoms with Gasteiger partial charge in [0.2, 0.25) is 35.4 Å². The zero-order valence-corrected chi connectivity index (χ0v) is 36.8. The number of hydrogen-bond acceptors (Lipinski definition) is 15. The van der Waals surface area contributed by atoms with Gasteiger partial charge in [-0.2, -0.15) is 0 Å². The molecule has 6 N–H and O–H groups in total. The van der Waals surface area contributed by atoms with Crippen molar-refractivity contribution in [1.29, 1.82) is 0 Å². The number of nitrogens with two attached hydrogens (primary N) is 1. The van der Waals surface area contributed by atoms with Crippen LogP contribution in [0.1, 0.15) is 75.4 Å². The Morgan fingerprint density at radius 2 is 1.33 bits per heavy atom. The predicted octanol–water partition coefficient (Wildman–Crippen LogP) is 5.30. The van der Waals surface area contributed by atoms with E-state index in [4.69, 9.17) is 28.1 Å². The lowest BCUT2D eigenvalue weighted by Crippen LogP contribution is -2.56. The third-order valence-corrected chi connectivity index (χ3v) is 12.0. The van der Waals surface area contributed by atoms with E-state index in [1.165, 1.54) is 25.7 Å². The number of benzene rings is 1. The van der Waals surface area contributed by atoms with Gasteiger partial charge in [0.15, 0.2) is 22.8 Å². The third-order valence-electron chi connectivity index (χ3n) is 10.3. The second-order valence-electron chi connectivity index (χ2n) is 16.4. The minimum Gasteiger partial charge on any atom is -0.464 e. The Hall–Kier alpha value is -5.92. The number of aliphatic hydroxyl groups is 1. The van der Waals surface area contributed by atoms with Crippen LogP contribution in [0, 0.1) is 11.8 Å². The molecule has 0 bridgehead atoms. The molecule has 0 saturated heterocycles. The van der Waals surface area contributed by atoms with Gasteiger partial charge in [0, 0.05) is 14.5 Å². The first-order valence-electron chi connectivity index (χ1n) is 20.4. The fourth-order valence-corrected chi connectivity index (χ4v) is 6.65. The fraction of sp³-hybridized carbons (Fsp3) is 0.476. The molecule has 5 rings (SSSR count). The number of nitrogens with one attached hydrogen (secondary N) is 3. The van der Waals surface area contributed by atoms with E-state index in [0.717, 1.165) is 30.7 Å². The van der Waals surface area contributed by atoms with Crippen LogP contribution < -0.4 is 21.7 Å². The van der Waals surface area contributed by atoms with Gasteiger partial charge < -0.3 is 49.2 Å². The predicted molar refractivity (Wildman–Crippen MR) is 225 cm³/mol. The van der Waals surface area contributed by atoms with Crippen LogP contribution in [0.25, 0.3) is 34.8 Å². The fourth-order valence-electron chi connectivity index (χ4n) is 5.93. The first-order chi connectivity index (χ1) is 29.0. The molecule has 4 aromatic heterocycles. The highest BCUT2D eigenvalue weighted by molar-refractivity contribution is 6.76. The topological polar surface area (TPSA) is 264 Å². The van der Waals surface area contributed by atoms with Crippen LogP contribution in [-0.2, 0) is 25.5 Å². The molecular weight excluding hydrogens is 805 g/mol. The second kappa shape index (κ2) is 20.6. The van der Waals surface area contributed by atoms with E-state index in [1.54, 1.807) is 0 Å². The van der Waals surface area contributed by atoms with E-state index in [2.05, 4.69) is 55.5 Å². The molecule has 0 aliphatic heterocycles. The monoisotopic (exact) mass is 860 g/mol. The summed E-state index contributed by atoms with van der Waals surface area (Å²) < 4.78 is 28.1. The van der Waals surface area contributed by atoms with Gasteiger partial charge in [0.25, 0.3) is 5.91 Å². The summed E-state index contributed by atoms with van der Waals surface area (Å²) in [6, 6.07) is 6.09. The largest absolute Gasteiger partial charge is 0.464 e. The lowest BCUT2D eigenvalue weighted by molar-refractivity contribution is -0.147. The van der Waals surface area contributed by atoms with Crippen molar-refractivity contribution in [3.8, 4) is 34.8 Å². The van der Waals surface area contributed by atoms with Gasteiger partial charge in [-0.05, 0) is 30.4 Å². The van der Waals surface area contributed by atoms with Crippen LogP contribution in [0.5, 0.6) is 0 Å². The molecule has 0 aliphatic rings. The molecule has 61 heavy (non-hydrogen) atoms. The molecule has 3 amide bonds. The standard InChI is InChI=1S/C42H56N8O10Si/c1-9-23(3)32(43)36(53)49-33(24(4)10-2)41-48-31(22-60-41)40-47-30(21-59-40)39-46-29(20-58-39)38-45-28(19-57-38)35(52)50-34(25(5)51)37(54)44-27(18-26-14-12-11-13-15-26)42(55)56-16-17-61(6,7)8/h11-15,19-25,27,32-34,51H,9-10,16-18,43H2,1-8H3,(H,44,54)(H,49,53)(H,50,52)/t23-,24+,25-,27-,32-,33-,34-/m0/s1. The Balaban J connectivity index is 1.24. The van der Waals surface area contributed by atoms with Crippen LogP contribution in [-0.4, -0.2) is 87.6 Å². The minimum atomic E-state index is -1.50. The number of amides is 3. The molecule has 18 nitrogen and oxygen atoms in total. The molecular formula is C42H56N8O10Si. The van der Waals surface area contributed by atoms with E-state index in [-0.39, 0.29) is 77.1 Å². The van der Waals surface area contributed by atoms with Crippen molar-refractivity contribution >= 4 is 31.8 Å². The first-order valence-corrected chi connectivity index (χ1v) is 24.1. The van der Waals surface area contributed by atoms with Gasteiger partial charge in [-0.1, -0.05) is 90.5 Å². The number of aliphatic hydroxyl groups excluding tert-OH is 1. The SMILES string of the molecule is CC[C@@H](C)[C@H](NC(=O)[C@@H](N)[C@@H](C)CC)c1nc(-c2nc(-c3nc(-c4nc(C(=O)N[C@H](C(=O)N[C@@H](Cc5ccccc5)C(=O)OCC[Si](C)(C)C)[C@H](C)O)co4)co3)co2)co1. The zero-order chi connectivity index (χ0) is 44.4. The molecule has 0 spiro atoms. The highest BCUT2D eigenvalue weighted by atomic mass is 28.3. The van der Waals surface area contributed by atoms with Gasteiger partial charge in [-0.25, -0.2) is 24.7 Å². The number of ether oxygens (including phenoxy) is 1. The molecule has 4 heterocycles. The molecule has 0 radical (unpaired) electrons. The molecule has 19 heteroatoms. The summed E-state index contributed by atoms with van der Waals surface area (Å²) in [5.41, 5.74) is 7.34. The summed E-state index contributed by atoms with van der Waals surface area (Å²) in [6.07, 6.45) is 5.27. The third kappa shape index (κ3) is 12.3.